The van der Waals surface area contributed by atoms with E-state index in [4.69, 9.17) is 9.84 Å². The van der Waals surface area contributed by atoms with Gasteiger partial charge in [-0.2, -0.15) is 0 Å². The van der Waals surface area contributed by atoms with Crippen LogP contribution in [0.4, 0.5) is 5.69 Å². The Kier molecular flexibility index (Phi) is 6.22. The van der Waals surface area contributed by atoms with Gasteiger partial charge in [-0.05, 0) is 67.8 Å². The number of aromatic nitrogens is 1. The predicted octanol–water partition coefficient (Wildman–Crippen LogP) is 4.15. The van der Waals surface area contributed by atoms with Gasteiger partial charge in [0, 0.05) is 23.8 Å². The minimum atomic E-state index is -0.911. The van der Waals surface area contributed by atoms with Crippen molar-refractivity contribution in [2.24, 2.45) is 0 Å². The fraction of sp³-hybridized carbons (Fsp3) is 0.227. The molecule has 0 saturated carbocycles. The van der Waals surface area contributed by atoms with Gasteiger partial charge in [0.15, 0.2) is 0 Å². The van der Waals surface area contributed by atoms with Gasteiger partial charge in [0.25, 0.3) is 0 Å². The Hall–Kier alpha value is -3.41. The molecule has 0 aliphatic carbocycles. The zero-order valence-corrected chi connectivity index (χ0v) is 15.6. The summed E-state index contributed by atoms with van der Waals surface area (Å²) in [6.45, 7) is 3.26. The topological polar surface area (TPSA) is 88.5 Å². The van der Waals surface area contributed by atoms with E-state index in [0.29, 0.717) is 17.7 Å². The molecule has 28 heavy (non-hydrogen) atoms. The van der Waals surface area contributed by atoms with Crippen LogP contribution in [0, 0.1) is 0 Å². The lowest BCUT2D eigenvalue weighted by Gasteiger charge is -2.18. The number of esters is 1. The first-order chi connectivity index (χ1) is 13.6. The Balaban J connectivity index is 0.000000162. The summed E-state index contributed by atoms with van der Waals surface area (Å²) in [6.07, 6.45) is 3.84. The second-order valence-electron chi connectivity index (χ2n) is 6.34. The van der Waals surface area contributed by atoms with Crippen molar-refractivity contribution in [3.63, 3.8) is 0 Å². The molecule has 4 rings (SSSR count). The van der Waals surface area contributed by atoms with Crippen LogP contribution < -0.4 is 5.32 Å². The number of carbonyl (C=O) groups excluding carboxylic acids is 1. The summed E-state index contributed by atoms with van der Waals surface area (Å²) in [5.41, 5.74) is 4.12. The van der Waals surface area contributed by atoms with Crippen LogP contribution in [0.3, 0.4) is 0 Å². The predicted molar refractivity (Wildman–Crippen MR) is 108 cm³/mol. The average molecular weight is 378 g/mol. The zero-order chi connectivity index (χ0) is 19.9. The number of carboxylic acids is 1. The summed E-state index contributed by atoms with van der Waals surface area (Å²) >= 11 is 0. The van der Waals surface area contributed by atoms with Crippen LogP contribution in [-0.2, 0) is 11.2 Å². The van der Waals surface area contributed by atoms with Gasteiger partial charge in [-0.1, -0.05) is 6.07 Å². The van der Waals surface area contributed by atoms with Crippen molar-refractivity contribution >= 4 is 28.5 Å². The van der Waals surface area contributed by atoms with E-state index in [2.05, 4.69) is 10.3 Å². The van der Waals surface area contributed by atoms with Gasteiger partial charge in [-0.25, -0.2) is 9.59 Å². The minimum absolute atomic E-state index is 0.231. The number of hydrogen-bond acceptors (Lipinski definition) is 5. The lowest BCUT2D eigenvalue weighted by atomic mass is 10.0. The van der Waals surface area contributed by atoms with E-state index < -0.39 is 5.97 Å². The molecule has 0 fully saturated rings. The van der Waals surface area contributed by atoms with Crippen molar-refractivity contribution < 1.29 is 19.4 Å². The molecule has 3 aromatic rings. The summed E-state index contributed by atoms with van der Waals surface area (Å²) in [6, 6.07) is 14.2. The third-order valence-corrected chi connectivity index (χ3v) is 4.40. The van der Waals surface area contributed by atoms with Crippen molar-refractivity contribution in [3.05, 3.63) is 71.4 Å². The van der Waals surface area contributed by atoms with E-state index >= 15 is 0 Å². The van der Waals surface area contributed by atoms with E-state index in [1.54, 1.807) is 30.5 Å². The molecule has 0 saturated heterocycles. The Labute approximate surface area is 163 Å². The fourth-order valence-corrected chi connectivity index (χ4v) is 3.02. The van der Waals surface area contributed by atoms with Crippen LogP contribution in [0.5, 0.6) is 0 Å². The lowest BCUT2D eigenvalue weighted by molar-refractivity contribution is 0.0525. The van der Waals surface area contributed by atoms with Gasteiger partial charge < -0.3 is 15.2 Å². The highest BCUT2D eigenvalue weighted by Gasteiger charge is 2.12. The molecule has 0 radical (unpaired) electrons. The summed E-state index contributed by atoms with van der Waals surface area (Å²) in [4.78, 5) is 26.2. The van der Waals surface area contributed by atoms with Crippen LogP contribution in [0.1, 0.15) is 39.6 Å². The van der Waals surface area contributed by atoms with E-state index in [-0.39, 0.29) is 5.97 Å². The molecule has 1 aliphatic rings. The average Bonchev–Trinajstić information content (AvgIpc) is 2.73. The molecule has 144 valence electrons. The maximum absolute atomic E-state index is 11.5. The smallest absolute Gasteiger partial charge is 0.338 e. The molecule has 0 spiro atoms. The maximum atomic E-state index is 11.5. The van der Waals surface area contributed by atoms with Crippen LogP contribution in [-0.4, -0.2) is 35.2 Å². The van der Waals surface area contributed by atoms with Crippen LogP contribution in [0.25, 0.3) is 10.9 Å². The maximum Gasteiger partial charge on any atom is 0.338 e. The molecule has 1 aromatic heterocycles. The molecule has 0 atom stereocenters. The van der Waals surface area contributed by atoms with Crippen molar-refractivity contribution in [1.82, 2.24) is 4.98 Å². The monoisotopic (exact) mass is 378 g/mol. The Morgan fingerprint density at radius 3 is 2.75 bits per heavy atom. The highest BCUT2D eigenvalue weighted by atomic mass is 16.5. The van der Waals surface area contributed by atoms with Gasteiger partial charge in [-0.15, -0.1) is 0 Å². The van der Waals surface area contributed by atoms with Gasteiger partial charge in [0.1, 0.15) is 0 Å². The normalized spacial score (nSPS) is 12.2. The SMILES string of the molecule is CCOC(=O)c1ccc2c(c1)CCCN2.O=C(O)c1ccc2ncccc2c1. The van der Waals surface area contributed by atoms with Crippen LogP contribution >= 0.6 is 0 Å². The van der Waals surface area contributed by atoms with Crippen molar-refractivity contribution in [3.8, 4) is 0 Å². The second kappa shape index (κ2) is 8.99. The number of aryl methyl sites for hydroxylation is 1. The summed E-state index contributed by atoms with van der Waals surface area (Å²) in [5.74, 6) is -1.14. The molecule has 1 aliphatic heterocycles. The molecule has 6 heteroatoms. The number of carbonyl (C=O) groups is 2. The van der Waals surface area contributed by atoms with Crippen LogP contribution in [0.2, 0.25) is 0 Å². The first-order valence-corrected chi connectivity index (χ1v) is 9.20. The number of rotatable bonds is 3. The molecule has 0 unspecified atom stereocenters. The van der Waals surface area contributed by atoms with Crippen molar-refractivity contribution in [2.75, 3.05) is 18.5 Å². The van der Waals surface area contributed by atoms with E-state index in [1.807, 2.05) is 31.2 Å². The van der Waals surface area contributed by atoms with Crippen molar-refractivity contribution in [2.45, 2.75) is 19.8 Å². The Morgan fingerprint density at radius 2 is 1.96 bits per heavy atom. The number of fused-ring (bicyclic) bond motifs is 2. The Morgan fingerprint density at radius 1 is 1.14 bits per heavy atom. The van der Waals surface area contributed by atoms with Gasteiger partial charge in [-0.3, -0.25) is 4.98 Å². The Bertz CT molecular complexity index is 1000. The number of anilines is 1. The van der Waals surface area contributed by atoms with Crippen LogP contribution in [0.15, 0.2) is 54.7 Å². The van der Waals surface area contributed by atoms with Gasteiger partial charge >= 0.3 is 11.9 Å². The molecule has 6 nitrogen and oxygen atoms in total. The lowest BCUT2D eigenvalue weighted by Crippen LogP contribution is -2.13. The number of benzene rings is 2. The molecule has 2 aromatic carbocycles. The zero-order valence-electron chi connectivity index (χ0n) is 15.6. The highest BCUT2D eigenvalue weighted by Crippen LogP contribution is 2.23. The molecule has 0 bridgehead atoms. The number of hydrogen-bond donors (Lipinski definition) is 2. The molecule has 2 heterocycles. The van der Waals surface area contributed by atoms with Crippen molar-refractivity contribution in [1.29, 1.82) is 0 Å². The second-order valence-corrected chi connectivity index (χ2v) is 6.34. The number of pyridine rings is 1. The molecular weight excluding hydrogens is 356 g/mol. The summed E-state index contributed by atoms with van der Waals surface area (Å²) in [5, 5.41) is 12.9. The van der Waals surface area contributed by atoms with E-state index in [0.717, 1.165) is 36.0 Å². The first kappa shape index (κ1) is 19.4. The van der Waals surface area contributed by atoms with Gasteiger partial charge in [0.2, 0.25) is 0 Å². The number of ether oxygens (including phenoxy) is 1. The summed E-state index contributed by atoms with van der Waals surface area (Å²) in [7, 11) is 0. The molecular formula is C22H22N2O4. The quantitative estimate of drug-likeness (QED) is 0.666. The van der Waals surface area contributed by atoms with E-state index in [9.17, 15) is 9.59 Å². The third-order valence-electron chi connectivity index (χ3n) is 4.40. The number of carboxylic acid groups (broad SMARTS) is 1. The highest BCUT2D eigenvalue weighted by molar-refractivity contribution is 5.93. The largest absolute Gasteiger partial charge is 0.478 e. The third kappa shape index (κ3) is 4.65. The molecule has 2 N–H and O–H groups in total. The number of aromatic carboxylic acids is 1. The summed E-state index contributed by atoms with van der Waals surface area (Å²) < 4.78 is 4.96. The molecule has 0 amide bonds. The minimum Gasteiger partial charge on any atom is -0.478 e. The number of nitrogens with one attached hydrogen (secondary N) is 1. The van der Waals surface area contributed by atoms with E-state index in [1.165, 1.54) is 5.56 Å². The standard InChI is InChI=1S/C12H15NO2.C10H7NO2/c1-2-15-12(14)10-5-6-11-9(8-10)4-3-7-13-11;12-10(13)8-3-4-9-7(6-8)2-1-5-11-9/h5-6,8,13H,2-4,7H2,1H3;1-6H,(H,12,13). The van der Waals surface area contributed by atoms with Gasteiger partial charge in [0.05, 0.1) is 23.3 Å². The number of nitrogens with zero attached hydrogens (tertiary/aromatic N) is 1. The first-order valence-electron chi connectivity index (χ1n) is 9.20. The fourth-order valence-electron chi connectivity index (χ4n) is 3.02.